The van der Waals surface area contributed by atoms with Gasteiger partial charge in [-0.3, -0.25) is 0 Å². The van der Waals surface area contributed by atoms with E-state index < -0.39 is 0 Å². The lowest BCUT2D eigenvalue weighted by Crippen LogP contribution is -2.46. The van der Waals surface area contributed by atoms with E-state index in [1.165, 1.54) is 11.3 Å². The molecule has 1 N–H and O–H groups in total. The Morgan fingerprint density at radius 3 is 2.09 bits per heavy atom. The summed E-state index contributed by atoms with van der Waals surface area (Å²) in [6.07, 6.45) is 0. The van der Waals surface area contributed by atoms with E-state index in [2.05, 4.69) is 95.0 Å². The Hall–Kier alpha value is -1.06. The van der Waals surface area contributed by atoms with Crippen molar-refractivity contribution in [3.63, 3.8) is 0 Å². The number of rotatable bonds is 4. The van der Waals surface area contributed by atoms with Crippen molar-refractivity contribution in [2.45, 2.75) is 65.1 Å². The van der Waals surface area contributed by atoms with E-state index in [1.807, 2.05) is 7.05 Å². The molecule has 1 aliphatic heterocycles. The molecular weight excluding hydrogens is 282 g/mol. The van der Waals surface area contributed by atoms with Crippen molar-refractivity contribution in [1.82, 2.24) is 10.2 Å². The van der Waals surface area contributed by atoms with Gasteiger partial charge in [0.05, 0.1) is 0 Å². The fourth-order valence-electron chi connectivity index (χ4n) is 2.77. The molecule has 0 fully saturated rings. The summed E-state index contributed by atoms with van der Waals surface area (Å²) in [5, 5.41) is 3.36. The van der Waals surface area contributed by atoms with Gasteiger partial charge in [0.2, 0.25) is 0 Å². The minimum Gasteiger partial charge on any atom is -0.366 e. The molecule has 3 heteroatoms. The molecule has 1 aromatic carbocycles. The van der Waals surface area contributed by atoms with Gasteiger partial charge in [0, 0.05) is 35.8 Å². The molecule has 0 amide bonds. The van der Waals surface area contributed by atoms with Crippen LogP contribution in [0.5, 0.6) is 0 Å². The maximum atomic E-state index is 3.36. The molecule has 23 heavy (non-hydrogen) atoms. The first-order chi connectivity index (χ1) is 10.6. The number of anilines is 1. The van der Waals surface area contributed by atoms with E-state index in [-0.39, 0.29) is 5.41 Å². The Bertz CT molecular complexity index is 474. The van der Waals surface area contributed by atoms with Gasteiger partial charge in [-0.1, -0.05) is 32.0 Å². The van der Waals surface area contributed by atoms with Crippen LogP contribution >= 0.6 is 0 Å². The number of para-hydroxylation sites is 1. The van der Waals surface area contributed by atoms with Crippen LogP contribution in [0.1, 0.15) is 47.1 Å². The normalized spacial score (nSPS) is 18.5. The SMILES string of the molecule is CC(C)N(C)C.CNC(C)C(C)N1CC(C)(C)c2ccccc21. The summed E-state index contributed by atoms with van der Waals surface area (Å²) in [6, 6.07) is 10.5. The zero-order valence-electron chi connectivity index (χ0n) is 16.6. The monoisotopic (exact) mass is 319 g/mol. The van der Waals surface area contributed by atoms with Gasteiger partial charge in [0.15, 0.2) is 0 Å². The molecule has 2 rings (SSSR count). The number of hydrogen-bond acceptors (Lipinski definition) is 3. The average Bonchev–Trinajstić information content (AvgIpc) is 2.78. The molecule has 3 nitrogen and oxygen atoms in total. The van der Waals surface area contributed by atoms with E-state index in [9.17, 15) is 0 Å². The number of nitrogens with one attached hydrogen (secondary N) is 1. The van der Waals surface area contributed by atoms with Crippen molar-refractivity contribution < 1.29 is 0 Å². The molecule has 2 atom stereocenters. The highest BCUT2D eigenvalue weighted by molar-refractivity contribution is 5.62. The molecule has 0 bridgehead atoms. The molecule has 0 saturated carbocycles. The largest absolute Gasteiger partial charge is 0.366 e. The molecule has 0 radical (unpaired) electrons. The lowest BCUT2D eigenvalue weighted by Gasteiger charge is -2.33. The van der Waals surface area contributed by atoms with Gasteiger partial charge >= 0.3 is 0 Å². The molecule has 1 heterocycles. The van der Waals surface area contributed by atoms with Crippen molar-refractivity contribution in [3.8, 4) is 0 Å². The van der Waals surface area contributed by atoms with Crippen molar-refractivity contribution in [1.29, 1.82) is 0 Å². The summed E-state index contributed by atoms with van der Waals surface area (Å²) in [6.45, 7) is 14.7. The number of fused-ring (bicyclic) bond motifs is 1. The standard InChI is InChI=1S/C15H24N2.C5H13N/c1-11(16-5)12(2)17-10-15(3,4)13-8-6-7-9-14(13)17;1-5(2)6(3)4/h6-9,11-12,16H,10H2,1-5H3;5H,1-4H3. The molecule has 0 saturated heterocycles. The average molecular weight is 320 g/mol. The van der Waals surface area contributed by atoms with Crippen molar-refractivity contribution >= 4 is 5.69 Å². The fraction of sp³-hybridized carbons (Fsp3) is 0.700. The second kappa shape index (κ2) is 8.16. The van der Waals surface area contributed by atoms with Crippen LogP contribution in [0.4, 0.5) is 5.69 Å². The fourth-order valence-corrected chi connectivity index (χ4v) is 2.77. The van der Waals surface area contributed by atoms with E-state index in [0.29, 0.717) is 18.1 Å². The van der Waals surface area contributed by atoms with E-state index in [0.717, 1.165) is 6.54 Å². The van der Waals surface area contributed by atoms with Gasteiger partial charge in [-0.05, 0) is 60.5 Å². The number of hydrogen-bond donors (Lipinski definition) is 1. The summed E-state index contributed by atoms with van der Waals surface area (Å²) >= 11 is 0. The van der Waals surface area contributed by atoms with Crippen molar-refractivity contribution in [2.24, 2.45) is 0 Å². The minimum atomic E-state index is 0.262. The Labute approximate surface area is 144 Å². The summed E-state index contributed by atoms with van der Waals surface area (Å²) in [7, 11) is 6.18. The molecule has 1 aliphatic rings. The summed E-state index contributed by atoms with van der Waals surface area (Å²) in [4.78, 5) is 4.70. The molecule has 132 valence electrons. The maximum Gasteiger partial charge on any atom is 0.0412 e. The summed E-state index contributed by atoms with van der Waals surface area (Å²) in [5.41, 5.74) is 3.15. The van der Waals surface area contributed by atoms with Crippen molar-refractivity contribution in [2.75, 3.05) is 32.6 Å². The zero-order chi connectivity index (χ0) is 17.8. The number of likely N-dealkylation sites (N-methyl/N-ethyl adjacent to an activating group) is 1. The minimum absolute atomic E-state index is 0.262. The van der Waals surface area contributed by atoms with E-state index >= 15 is 0 Å². The van der Waals surface area contributed by atoms with Crippen LogP contribution in [0.25, 0.3) is 0 Å². The summed E-state index contributed by atoms with van der Waals surface area (Å²) in [5.74, 6) is 0. The molecule has 0 aliphatic carbocycles. The Kier molecular flexibility index (Phi) is 7.09. The van der Waals surface area contributed by atoms with Crippen LogP contribution in [-0.2, 0) is 5.41 Å². The molecule has 1 aromatic rings. The molecule has 0 spiro atoms. The Balaban J connectivity index is 0.000000379. The van der Waals surface area contributed by atoms with Crippen LogP contribution in [-0.4, -0.2) is 50.7 Å². The van der Waals surface area contributed by atoms with Crippen LogP contribution in [0.15, 0.2) is 24.3 Å². The number of benzene rings is 1. The van der Waals surface area contributed by atoms with E-state index in [4.69, 9.17) is 0 Å². The van der Waals surface area contributed by atoms with E-state index in [1.54, 1.807) is 0 Å². The van der Waals surface area contributed by atoms with Crippen LogP contribution in [0.3, 0.4) is 0 Å². The second-order valence-electron chi connectivity index (χ2n) is 7.90. The van der Waals surface area contributed by atoms with Gasteiger partial charge in [0.1, 0.15) is 0 Å². The predicted octanol–water partition coefficient (Wildman–Crippen LogP) is 3.74. The second-order valence-corrected chi connectivity index (χ2v) is 7.90. The number of nitrogens with zero attached hydrogens (tertiary/aromatic N) is 2. The molecular formula is C20H37N3. The van der Waals surface area contributed by atoms with Gasteiger partial charge in [-0.2, -0.15) is 0 Å². The van der Waals surface area contributed by atoms with Gasteiger partial charge < -0.3 is 15.1 Å². The highest BCUT2D eigenvalue weighted by Crippen LogP contribution is 2.41. The molecule has 0 aromatic heterocycles. The smallest absolute Gasteiger partial charge is 0.0412 e. The highest BCUT2D eigenvalue weighted by atomic mass is 15.2. The van der Waals surface area contributed by atoms with Crippen LogP contribution in [0.2, 0.25) is 0 Å². The van der Waals surface area contributed by atoms with Crippen LogP contribution in [0, 0.1) is 0 Å². The lowest BCUT2D eigenvalue weighted by atomic mass is 9.87. The third-order valence-electron chi connectivity index (χ3n) is 5.21. The Morgan fingerprint density at radius 1 is 1.09 bits per heavy atom. The first-order valence-electron chi connectivity index (χ1n) is 8.81. The van der Waals surface area contributed by atoms with Gasteiger partial charge in [-0.25, -0.2) is 0 Å². The highest BCUT2D eigenvalue weighted by Gasteiger charge is 2.37. The first kappa shape index (κ1) is 20.0. The van der Waals surface area contributed by atoms with Crippen LogP contribution < -0.4 is 10.2 Å². The zero-order valence-corrected chi connectivity index (χ0v) is 16.6. The van der Waals surface area contributed by atoms with Gasteiger partial charge in [0.25, 0.3) is 0 Å². The Morgan fingerprint density at radius 2 is 1.61 bits per heavy atom. The third-order valence-corrected chi connectivity index (χ3v) is 5.21. The van der Waals surface area contributed by atoms with Gasteiger partial charge in [-0.15, -0.1) is 0 Å². The van der Waals surface area contributed by atoms with Crippen molar-refractivity contribution in [3.05, 3.63) is 29.8 Å². The lowest BCUT2D eigenvalue weighted by molar-refractivity contribution is 0.335. The third kappa shape index (κ3) is 4.95. The molecule has 2 unspecified atom stereocenters. The summed E-state index contributed by atoms with van der Waals surface area (Å²) < 4.78 is 0. The first-order valence-corrected chi connectivity index (χ1v) is 8.81. The predicted molar refractivity (Wildman–Crippen MR) is 104 cm³/mol. The topological polar surface area (TPSA) is 18.5 Å². The maximum absolute atomic E-state index is 3.36. The quantitative estimate of drug-likeness (QED) is 0.912.